The Morgan fingerprint density at radius 2 is 2.40 bits per heavy atom. The summed E-state index contributed by atoms with van der Waals surface area (Å²) in [5, 5.41) is 10.2. The zero-order chi connectivity index (χ0) is 7.78. The minimum Gasteiger partial charge on any atom is -0.480 e. The van der Waals surface area contributed by atoms with Crippen LogP contribution in [0.2, 0.25) is 0 Å². The Morgan fingerprint density at radius 3 is 2.60 bits per heavy atom. The van der Waals surface area contributed by atoms with Crippen LogP contribution in [0.25, 0.3) is 0 Å². The lowest BCUT2D eigenvalue weighted by atomic mass is 10.2. The summed E-state index contributed by atoms with van der Waals surface area (Å²) in [4.78, 5) is 9.04. The lowest BCUT2D eigenvalue weighted by Crippen LogP contribution is -2.35. The molecule has 10 heavy (non-hydrogen) atoms. The van der Waals surface area contributed by atoms with Crippen LogP contribution in [0.4, 0.5) is 0 Å². The fourth-order valence-corrected chi connectivity index (χ4v) is 2.00. The van der Waals surface area contributed by atoms with E-state index in [-0.39, 0.29) is 0 Å². The van der Waals surface area contributed by atoms with Crippen molar-refractivity contribution in [3.63, 3.8) is 0 Å². The number of carboxylic acid groups (broad SMARTS) is 1. The van der Waals surface area contributed by atoms with Gasteiger partial charge in [-0.15, -0.1) is 23.4 Å². The molecule has 0 fully saturated rings. The zero-order valence-electron chi connectivity index (χ0n) is 4.75. The number of hydrogen-bond acceptors (Lipinski definition) is 2. The average Bonchev–Trinajstić information content (AvgIpc) is 2.15. The van der Waals surface area contributed by atoms with Gasteiger partial charge in [0.2, 0.25) is 0 Å². The van der Waals surface area contributed by atoms with Crippen LogP contribution < -0.4 is 0 Å². The third-order valence-electron chi connectivity index (χ3n) is 1.17. The second-order valence-corrected chi connectivity index (χ2v) is 4.16. The molecule has 0 saturated carbocycles. The summed E-state index contributed by atoms with van der Waals surface area (Å²) in [5.41, 5.74) is 0. The maximum absolute atomic E-state index is 10.5. The molecule has 1 N–H and O–H groups in total. The first kappa shape index (κ1) is 8.24. The van der Waals surface area contributed by atoms with Crippen LogP contribution in [0.3, 0.4) is 0 Å². The largest absolute Gasteiger partial charge is 0.480 e. The molecular weight excluding hydrogens is 195 g/mol. The summed E-state index contributed by atoms with van der Waals surface area (Å²) in [7, 11) is 0. The summed E-state index contributed by atoms with van der Waals surface area (Å²) in [6.07, 6.45) is 1.39. The van der Waals surface area contributed by atoms with Gasteiger partial charge in [0.05, 0.1) is 0 Å². The summed E-state index contributed by atoms with van der Waals surface area (Å²) in [5.74, 6) is -1.10. The van der Waals surface area contributed by atoms with E-state index in [1.807, 2.05) is 0 Å². The number of thioether (sulfide) groups is 1. The van der Waals surface area contributed by atoms with Gasteiger partial charge in [-0.3, -0.25) is 0 Å². The van der Waals surface area contributed by atoms with E-state index in [1.54, 1.807) is 5.41 Å². The highest BCUT2D eigenvalue weighted by Crippen LogP contribution is 2.40. The standard InChI is InChI=1S/C5H4Cl2O2S/c6-3-5(7,4(8)9)1-2-10-3/h1-3H,(H,8,9). The van der Waals surface area contributed by atoms with E-state index < -0.39 is 15.6 Å². The first-order chi connectivity index (χ1) is 4.57. The van der Waals surface area contributed by atoms with Gasteiger partial charge in [0, 0.05) is 0 Å². The van der Waals surface area contributed by atoms with Gasteiger partial charge in [0.15, 0.2) is 4.87 Å². The van der Waals surface area contributed by atoms with Crippen LogP contribution >= 0.6 is 35.0 Å². The van der Waals surface area contributed by atoms with Crippen molar-refractivity contribution in [2.45, 2.75) is 9.58 Å². The lowest BCUT2D eigenvalue weighted by Gasteiger charge is -2.16. The van der Waals surface area contributed by atoms with Gasteiger partial charge in [-0.25, -0.2) is 4.79 Å². The summed E-state index contributed by atoms with van der Waals surface area (Å²) < 4.78 is -0.605. The molecule has 0 aromatic rings. The van der Waals surface area contributed by atoms with Crippen molar-refractivity contribution in [1.29, 1.82) is 0 Å². The van der Waals surface area contributed by atoms with Gasteiger partial charge in [-0.1, -0.05) is 11.6 Å². The maximum Gasteiger partial charge on any atom is 0.331 e. The van der Waals surface area contributed by atoms with Crippen molar-refractivity contribution < 1.29 is 9.90 Å². The third kappa shape index (κ3) is 1.13. The molecule has 1 aliphatic rings. The SMILES string of the molecule is O=C(O)C1(Cl)C=CSC1Cl. The molecular formula is C5H4Cl2O2S. The number of hydrogen-bond donors (Lipinski definition) is 1. The normalized spacial score (nSPS) is 38.4. The molecule has 0 spiro atoms. The first-order valence-electron chi connectivity index (χ1n) is 2.47. The molecule has 0 aliphatic carbocycles. The molecule has 0 radical (unpaired) electrons. The van der Waals surface area contributed by atoms with Crippen molar-refractivity contribution >= 4 is 40.9 Å². The molecule has 1 heterocycles. The van der Waals surface area contributed by atoms with Gasteiger partial charge in [-0.05, 0) is 11.5 Å². The molecule has 2 atom stereocenters. The Kier molecular flexibility index (Phi) is 2.18. The molecule has 1 rings (SSSR count). The van der Waals surface area contributed by atoms with Crippen LogP contribution in [0.1, 0.15) is 0 Å². The average molecular weight is 199 g/mol. The second-order valence-electron chi connectivity index (χ2n) is 1.83. The molecule has 0 aromatic heterocycles. The van der Waals surface area contributed by atoms with Crippen molar-refractivity contribution in [2.75, 3.05) is 0 Å². The quantitative estimate of drug-likeness (QED) is 0.655. The molecule has 2 nitrogen and oxygen atoms in total. The fourth-order valence-electron chi connectivity index (χ4n) is 0.550. The second kappa shape index (κ2) is 2.64. The van der Waals surface area contributed by atoms with E-state index in [9.17, 15) is 4.79 Å². The number of rotatable bonds is 1. The van der Waals surface area contributed by atoms with E-state index in [4.69, 9.17) is 28.3 Å². The van der Waals surface area contributed by atoms with E-state index in [0.717, 1.165) is 0 Å². The molecule has 0 saturated heterocycles. The van der Waals surface area contributed by atoms with Gasteiger partial charge >= 0.3 is 5.97 Å². The van der Waals surface area contributed by atoms with Crippen molar-refractivity contribution in [1.82, 2.24) is 0 Å². The van der Waals surface area contributed by atoms with Crippen molar-refractivity contribution in [3.8, 4) is 0 Å². The highest BCUT2D eigenvalue weighted by atomic mass is 35.5. The third-order valence-corrected chi connectivity index (χ3v) is 3.47. The molecule has 0 bridgehead atoms. The molecule has 2 unspecified atom stereocenters. The minimum atomic E-state index is -1.41. The highest BCUT2D eigenvalue weighted by Gasteiger charge is 2.44. The maximum atomic E-state index is 10.5. The van der Waals surface area contributed by atoms with E-state index >= 15 is 0 Å². The molecule has 0 amide bonds. The Hall–Kier alpha value is 0.140. The molecule has 5 heteroatoms. The number of carbonyl (C=O) groups is 1. The lowest BCUT2D eigenvalue weighted by molar-refractivity contribution is -0.138. The number of halogens is 2. The zero-order valence-corrected chi connectivity index (χ0v) is 7.08. The van der Waals surface area contributed by atoms with Crippen LogP contribution in [0, 0.1) is 0 Å². The van der Waals surface area contributed by atoms with Gasteiger partial charge in [-0.2, -0.15) is 0 Å². The summed E-state index contributed by atoms with van der Waals surface area (Å²) >= 11 is 12.4. The van der Waals surface area contributed by atoms with E-state index in [1.165, 1.54) is 17.8 Å². The van der Waals surface area contributed by atoms with Crippen molar-refractivity contribution in [2.24, 2.45) is 0 Å². The van der Waals surface area contributed by atoms with E-state index in [0.29, 0.717) is 0 Å². The van der Waals surface area contributed by atoms with Crippen molar-refractivity contribution in [3.05, 3.63) is 11.5 Å². The Balaban J connectivity index is 2.85. The van der Waals surface area contributed by atoms with Crippen LogP contribution in [0.15, 0.2) is 11.5 Å². The van der Waals surface area contributed by atoms with Gasteiger partial charge in [0.1, 0.15) is 4.71 Å². The highest BCUT2D eigenvalue weighted by molar-refractivity contribution is 8.04. The van der Waals surface area contributed by atoms with Crippen LogP contribution in [0.5, 0.6) is 0 Å². The number of carboxylic acids is 1. The Morgan fingerprint density at radius 1 is 1.80 bits per heavy atom. The van der Waals surface area contributed by atoms with Crippen LogP contribution in [-0.4, -0.2) is 20.7 Å². The molecule has 56 valence electrons. The topological polar surface area (TPSA) is 37.3 Å². The predicted molar refractivity (Wildman–Crippen MR) is 42.6 cm³/mol. The summed E-state index contributed by atoms with van der Waals surface area (Å²) in [6, 6.07) is 0. The Bertz CT molecular complexity index is 194. The van der Waals surface area contributed by atoms with Crippen LogP contribution in [-0.2, 0) is 4.79 Å². The Labute approximate surface area is 72.2 Å². The van der Waals surface area contributed by atoms with Gasteiger partial charge < -0.3 is 5.11 Å². The van der Waals surface area contributed by atoms with Gasteiger partial charge in [0.25, 0.3) is 0 Å². The number of alkyl halides is 2. The fraction of sp³-hybridized carbons (Fsp3) is 0.400. The smallest absolute Gasteiger partial charge is 0.331 e. The number of aliphatic carboxylic acids is 1. The monoisotopic (exact) mass is 198 g/mol. The molecule has 0 aromatic carbocycles. The predicted octanol–water partition coefficient (Wildman–Crippen LogP) is 1.87. The van der Waals surface area contributed by atoms with E-state index in [2.05, 4.69) is 0 Å². The summed E-state index contributed by atoms with van der Waals surface area (Å²) in [6.45, 7) is 0. The first-order valence-corrected chi connectivity index (χ1v) is 4.22. The minimum absolute atomic E-state index is 0.605. The molecule has 1 aliphatic heterocycles.